The molecule has 0 fully saturated rings. The fourth-order valence-corrected chi connectivity index (χ4v) is 4.36. The molecule has 0 aromatic heterocycles. The summed E-state index contributed by atoms with van der Waals surface area (Å²) in [5, 5.41) is 0. The Bertz CT molecular complexity index is 995. The molecule has 3 rings (SSSR count). The fourth-order valence-electron chi connectivity index (χ4n) is 2.05. The number of hydrogen-bond donors (Lipinski definition) is 2. The van der Waals surface area contributed by atoms with Crippen molar-refractivity contribution in [2.45, 2.75) is 9.79 Å². The van der Waals surface area contributed by atoms with Crippen LogP contribution in [0, 0.1) is 0 Å². The normalized spacial score (nSPS) is 15.9. The minimum absolute atomic E-state index is 0.0275. The van der Waals surface area contributed by atoms with Crippen molar-refractivity contribution in [2.75, 3.05) is 5.73 Å². The standard InChI is InChI=1S/C13H11N3O4S2/c14-9-4-3-5-10(8-9)21(17,18)15-13-11-6-1-2-7-12(11)22(19,20)16-13/h1-8H,14H2,(H,15,16). The van der Waals surface area contributed by atoms with Gasteiger partial charge in [-0.1, -0.05) is 18.2 Å². The van der Waals surface area contributed by atoms with E-state index in [1.54, 1.807) is 18.2 Å². The molecular weight excluding hydrogens is 326 g/mol. The molecule has 0 bridgehead atoms. The van der Waals surface area contributed by atoms with Crippen LogP contribution in [0.3, 0.4) is 0 Å². The highest BCUT2D eigenvalue weighted by molar-refractivity contribution is 7.91. The molecule has 0 unspecified atom stereocenters. The van der Waals surface area contributed by atoms with Crippen LogP contribution in [0.25, 0.3) is 0 Å². The minimum Gasteiger partial charge on any atom is -0.399 e. The highest BCUT2D eigenvalue weighted by Gasteiger charge is 2.31. The number of nitrogens with two attached hydrogens (primary N) is 1. The van der Waals surface area contributed by atoms with Crippen molar-refractivity contribution in [2.24, 2.45) is 4.40 Å². The molecule has 7 nitrogen and oxygen atoms in total. The van der Waals surface area contributed by atoms with Crippen LogP contribution in [-0.4, -0.2) is 22.7 Å². The van der Waals surface area contributed by atoms with Gasteiger partial charge in [0.25, 0.3) is 20.0 Å². The number of anilines is 1. The van der Waals surface area contributed by atoms with Crippen LogP contribution in [0.15, 0.2) is 62.7 Å². The molecule has 0 spiro atoms. The summed E-state index contributed by atoms with van der Waals surface area (Å²) in [5.41, 5.74) is 6.06. The Morgan fingerprint density at radius 3 is 2.50 bits per heavy atom. The van der Waals surface area contributed by atoms with Crippen molar-refractivity contribution in [3.05, 3.63) is 54.1 Å². The first-order chi connectivity index (χ1) is 10.3. The third kappa shape index (κ3) is 2.44. The topological polar surface area (TPSA) is 119 Å². The second-order valence-electron chi connectivity index (χ2n) is 4.59. The quantitative estimate of drug-likeness (QED) is 0.782. The summed E-state index contributed by atoms with van der Waals surface area (Å²) in [6.07, 6.45) is 0. The van der Waals surface area contributed by atoms with E-state index in [-0.39, 0.29) is 26.9 Å². The van der Waals surface area contributed by atoms with Crippen molar-refractivity contribution in [1.82, 2.24) is 4.72 Å². The zero-order valence-corrected chi connectivity index (χ0v) is 12.7. The molecule has 0 atom stereocenters. The van der Waals surface area contributed by atoms with Crippen LogP contribution in [0.5, 0.6) is 0 Å². The second-order valence-corrected chi connectivity index (χ2v) is 7.84. The van der Waals surface area contributed by atoms with Crippen molar-refractivity contribution in [1.29, 1.82) is 0 Å². The predicted molar refractivity (Wildman–Crippen MR) is 81.3 cm³/mol. The molecule has 3 N–H and O–H groups in total. The lowest BCUT2D eigenvalue weighted by molar-refractivity contribution is 0.592. The SMILES string of the molecule is Nc1cccc(S(=O)(=O)NC2=NS(=O)(=O)c3ccccc32)c1. The van der Waals surface area contributed by atoms with Crippen LogP contribution < -0.4 is 10.5 Å². The minimum atomic E-state index is -3.98. The molecule has 1 aliphatic rings. The van der Waals surface area contributed by atoms with Crippen molar-refractivity contribution < 1.29 is 16.8 Å². The molecule has 9 heteroatoms. The van der Waals surface area contributed by atoms with Crippen molar-refractivity contribution >= 4 is 31.6 Å². The van der Waals surface area contributed by atoms with Gasteiger partial charge in [0.1, 0.15) is 4.90 Å². The third-order valence-corrected chi connectivity index (χ3v) is 5.70. The molecule has 0 amide bonds. The Labute approximate surface area is 127 Å². The van der Waals surface area contributed by atoms with E-state index in [2.05, 4.69) is 9.12 Å². The third-order valence-electron chi connectivity index (χ3n) is 3.03. The summed E-state index contributed by atoms with van der Waals surface area (Å²) in [7, 11) is -7.87. The average Bonchev–Trinajstić information content (AvgIpc) is 2.70. The summed E-state index contributed by atoms with van der Waals surface area (Å²) < 4.78 is 54.1. The number of amidine groups is 1. The Morgan fingerprint density at radius 2 is 1.77 bits per heavy atom. The Kier molecular flexibility index (Phi) is 3.18. The van der Waals surface area contributed by atoms with E-state index in [9.17, 15) is 16.8 Å². The van der Waals surface area contributed by atoms with E-state index < -0.39 is 20.0 Å². The number of nitrogens with one attached hydrogen (secondary N) is 1. The van der Waals surface area contributed by atoms with Gasteiger partial charge in [-0.05, 0) is 30.3 Å². The van der Waals surface area contributed by atoms with Crippen LogP contribution in [0.4, 0.5) is 5.69 Å². The van der Waals surface area contributed by atoms with E-state index in [0.29, 0.717) is 0 Å². The van der Waals surface area contributed by atoms with Crippen LogP contribution in [-0.2, 0) is 20.0 Å². The number of nitrogen functional groups attached to an aromatic ring is 1. The molecule has 1 heterocycles. The molecule has 0 radical (unpaired) electrons. The summed E-state index contributed by atoms with van der Waals surface area (Å²) in [6.45, 7) is 0. The van der Waals surface area contributed by atoms with Gasteiger partial charge in [-0.25, -0.2) is 8.42 Å². The highest BCUT2D eigenvalue weighted by atomic mass is 32.2. The van der Waals surface area contributed by atoms with Gasteiger partial charge in [-0.15, -0.1) is 4.40 Å². The molecule has 0 saturated carbocycles. The van der Waals surface area contributed by atoms with Gasteiger partial charge < -0.3 is 5.73 Å². The van der Waals surface area contributed by atoms with E-state index in [1.807, 2.05) is 0 Å². The zero-order chi connectivity index (χ0) is 16.0. The van der Waals surface area contributed by atoms with Crippen LogP contribution in [0.2, 0.25) is 0 Å². The van der Waals surface area contributed by atoms with Gasteiger partial charge >= 0.3 is 0 Å². The first-order valence-electron chi connectivity index (χ1n) is 6.12. The molecule has 0 saturated heterocycles. The zero-order valence-electron chi connectivity index (χ0n) is 11.1. The smallest absolute Gasteiger partial charge is 0.285 e. The number of rotatable bonds is 2. The van der Waals surface area contributed by atoms with Crippen molar-refractivity contribution in [3.63, 3.8) is 0 Å². The Morgan fingerprint density at radius 1 is 1.05 bits per heavy atom. The van der Waals surface area contributed by atoms with Gasteiger partial charge in [0.05, 0.1) is 4.90 Å². The maximum atomic E-state index is 12.3. The lowest BCUT2D eigenvalue weighted by atomic mass is 10.2. The first-order valence-corrected chi connectivity index (χ1v) is 9.05. The lowest BCUT2D eigenvalue weighted by Gasteiger charge is -2.08. The summed E-state index contributed by atoms with van der Waals surface area (Å²) in [5.74, 6) is -0.224. The number of hydrogen-bond acceptors (Lipinski definition) is 5. The Balaban J connectivity index is 2.05. The number of benzene rings is 2. The summed E-state index contributed by atoms with van der Waals surface area (Å²) >= 11 is 0. The van der Waals surface area contributed by atoms with Gasteiger partial charge in [0.2, 0.25) is 0 Å². The molecular formula is C13H11N3O4S2. The summed E-state index contributed by atoms with van der Waals surface area (Å²) in [4.78, 5) is -0.0998. The number of sulfonamides is 2. The molecule has 2 aromatic carbocycles. The lowest BCUT2D eigenvalue weighted by Crippen LogP contribution is -2.30. The van der Waals surface area contributed by atoms with Crippen LogP contribution >= 0.6 is 0 Å². The molecule has 22 heavy (non-hydrogen) atoms. The number of nitrogens with zero attached hydrogens (tertiary/aromatic N) is 1. The van der Waals surface area contributed by atoms with Crippen molar-refractivity contribution in [3.8, 4) is 0 Å². The van der Waals surface area contributed by atoms with Gasteiger partial charge in [0.15, 0.2) is 5.84 Å². The Hall–Kier alpha value is -2.39. The molecule has 0 aliphatic carbocycles. The predicted octanol–water partition coefficient (Wildman–Crippen LogP) is 0.696. The van der Waals surface area contributed by atoms with Crippen LogP contribution in [0.1, 0.15) is 5.56 Å². The van der Waals surface area contributed by atoms with E-state index in [1.165, 1.54) is 30.3 Å². The second kappa shape index (κ2) is 4.82. The maximum absolute atomic E-state index is 12.3. The largest absolute Gasteiger partial charge is 0.399 e. The summed E-state index contributed by atoms with van der Waals surface area (Å²) in [6, 6.07) is 11.7. The van der Waals surface area contributed by atoms with E-state index in [4.69, 9.17) is 5.73 Å². The number of fused-ring (bicyclic) bond motifs is 1. The fraction of sp³-hybridized carbons (Fsp3) is 0. The average molecular weight is 337 g/mol. The van der Waals surface area contributed by atoms with Gasteiger partial charge in [-0.2, -0.15) is 8.42 Å². The highest BCUT2D eigenvalue weighted by Crippen LogP contribution is 2.25. The molecule has 1 aliphatic heterocycles. The molecule has 2 aromatic rings. The van der Waals surface area contributed by atoms with Gasteiger partial charge in [0, 0.05) is 11.3 Å². The maximum Gasteiger partial charge on any atom is 0.285 e. The molecule has 114 valence electrons. The van der Waals surface area contributed by atoms with E-state index >= 15 is 0 Å². The monoisotopic (exact) mass is 337 g/mol. The van der Waals surface area contributed by atoms with Gasteiger partial charge in [-0.3, -0.25) is 4.72 Å². The first kappa shape index (κ1) is 14.5. The van der Waals surface area contributed by atoms with E-state index in [0.717, 1.165) is 0 Å².